The summed E-state index contributed by atoms with van der Waals surface area (Å²) in [5.74, 6) is 0.721. The minimum Gasteiger partial charge on any atom is -0.494 e. The normalized spacial score (nSPS) is 12.9. The second-order valence-corrected chi connectivity index (χ2v) is 7.87. The smallest absolute Gasteiger partial charge is 0.243 e. The van der Waals surface area contributed by atoms with Crippen LogP contribution in [-0.4, -0.2) is 20.0 Å². The van der Waals surface area contributed by atoms with Crippen LogP contribution in [0, 0.1) is 6.92 Å². The molecule has 6 heteroatoms. The SMILES string of the molecule is CCOc1cccc(C(C)NS(=O)(=O)c2cccc3cc(C)cnc23)c1. The van der Waals surface area contributed by atoms with Crippen molar-refractivity contribution in [3.8, 4) is 5.75 Å². The molecule has 0 radical (unpaired) electrons. The van der Waals surface area contributed by atoms with Crippen LogP contribution in [0.1, 0.15) is 31.0 Å². The zero-order valence-electron chi connectivity index (χ0n) is 15.1. The van der Waals surface area contributed by atoms with E-state index in [9.17, 15) is 8.42 Å². The first-order chi connectivity index (χ1) is 12.4. The molecule has 26 heavy (non-hydrogen) atoms. The molecule has 1 atom stereocenters. The van der Waals surface area contributed by atoms with Crippen LogP contribution in [0.4, 0.5) is 0 Å². The first-order valence-electron chi connectivity index (χ1n) is 8.51. The van der Waals surface area contributed by atoms with E-state index >= 15 is 0 Å². The van der Waals surface area contributed by atoms with Crippen LogP contribution in [0.2, 0.25) is 0 Å². The maximum atomic E-state index is 12.9. The Morgan fingerprint density at radius 3 is 2.69 bits per heavy atom. The number of hydrogen-bond donors (Lipinski definition) is 1. The highest BCUT2D eigenvalue weighted by Crippen LogP contribution is 2.25. The van der Waals surface area contributed by atoms with Gasteiger partial charge in [-0.3, -0.25) is 4.98 Å². The molecule has 0 aliphatic rings. The number of sulfonamides is 1. The van der Waals surface area contributed by atoms with Gasteiger partial charge in [-0.15, -0.1) is 0 Å². The van der Waals surface area contributed by atoms with Gasteiger partial charge in [0.05, 0.1) is 12.1 Å². The van der Waals surface area contributed by atoms with Crippen molar-refractivity contribution in [3.05, 3.63) is 65.9 Å². The molecule has 3 rings (SSSR count). The Labute approximate surface area is 154 Å². The molecule has 1 heterocycles. The average Bonchev–Trinajstić information content (AvgIpc) is 2.61. The van der Waals surface area contributed by atoms with Crippen molar-refractivity contribution in [3.63, 3.8) is 0 Å². The van der Waals surface area contributed by atoms with E-state index in [0.717, 1.165) is 22.3 Å². The molecule has 0 saturated heterocycles. The summed E-state index contributed by atoms with van der Waals surface area (Å²) < 4.78 is 34.1. The van der Waals surface area contributed by atoms with E-state index in [1.165, 1.54) is 0 Å². The zero-order valence-corrected chi connectivity index (χ0v) is 15.9. The van der Waals surface area contributed by atoms with Gasteiger partial charge in [0.1, 0.15) is 10.6 Å². The second kappa shape index (κ2) is 7.43. The van der Waals surface area contributed by atoms with Crippen molar-refractivity contribution in [1.29, 1.82) is 0 Å². The fourth-order valence-corrected chi connectivity index (χ4v) is 4.28. The Kier molecular flexibility index (Phi) is 5.25. The monoisotopic (exact) mass is 370 g/mol. The Balaban J connectivity index is 1.93. The van der Waals surface area contributed by atoms with Crippen molar-refractivity contribution < 1.29 is 13.2 Å². The Morgan fingerprint density at radius 2 is 1.92 bits per heavy atom. The number of fused-ring (bicyclic) bond motifs is 1. The Bertz CT molecular complexity index is 1030. The number of aromatic nitrogens is 1. The third-order valence-electron chi connectivity index (χ3n) is 4.10. The molecule has 3 aromatic rings. The standard InChI is InChI=1S/C20H22N2O3S/c1-4-25-18-9-5-7-16(12-18)15(3)22-26(23,24)19-10-6-8-17-11-14(2)13-21-20(17)19/h5-13,15,22H,4H2,1-3H3. The summed E-state index contributed by atoms with van der Waals surface area (Å²) in [5, 5.41) is 0.805. The van der Waals surface area contributed by atoms with Crippen molar-refractivity contribution >= 4 is 20.9 Å². The summed E-state index contributed by atoms with van der Waals surface area (Å²) in [6.07, 6.45) is 1.68. The predicted molar refractivity (Wildman–Crippen MR) is 103 cm³/mol. The number of pyridine rings is 1. The van der Waals surface area contributed by atoms with Gasteiger partial charge in [0.15, 0.2) is 0 Å². The molecule has 1 unspecified atom stereocenters. The molecule has 0 aliphatic heterocycles. The minimum atomic E-state index is -3.73. The fourth-order valence-electron chi connectivity index (χ4n) is 2.86. The molecule has 0 fully saturated rings. The summed E-state index contributed by atoms with van der Waals surface area (Å²) in [6, 6.07) is 14.1. The quantitative estimate of drug-likeness (QED) is 0.713. The molecule has 0 amide bonds. The van der Waals surface area contributed by atoms with E-state index in [0.29, 0.717) is 12.1 Å². The van der Waals surface area contributed by atoms with Crippen molar-refractivity contribution in [2.45, 2.75) is 31.7 Å². The Morgan fingerprint density at radius 1 is 1.15 bits per heavy atom. The lowest BCUT2D eigenvalue weighted by Crippen LogP contribution is -2.27. The van der Waals surface area contributed by atoms with Crippen LogP contribution in [0.5, 0.6) is 5.75 Å². The van der Waals surface area contributed by atoms with E-state index in [1.54, 1.807) is 18.3 Å². The van der Waals surface area contributed by atoms with Gasteiger partial charge in [-0.1, -0.05) is 24.3 Å². The molecule has 1 aromatic heterocycles. The maximum Gasteiger partial charge on any atom is 0.243 e. The molecular weight excluding hydrogens is 348 g/mol. The number of benzene rings is 2. The fraction of sp³-hybridized carbons (Fsp3) is 0.250. The maximum absolute atomic E-state index is 12.9. The minimum absolute atomic E-state index is 0.183. The van der Waals surface area contributed by atoms with Crippen LogP contribution in [0.25, 0.3) is 10.9 Å². The number of ether oxygens (including phenoxy) is 1. The number of rotatable bonds is 6. The topological polar surface area (TPSA) is 68.3 Å². The summed E-state index contributed by atoms with van der Waals surface area (Å²) in [6.45, 7) is 6.21. The van der Waals surface area contributed by atoms with Crippen LogP contribution >= 0.6 is 0 Å². The van der Waals surface area contributed by atoms with Crippen LogP contribution in [0.3, 0.4) is 0 Å². The van der Waals surface area contributed by atoms with Gasteiger partial charge in [0.25, 0.3) is 0 Å². The third-order valence-corrected chi connectivity index (χ3v) is 5.67. The molecule has 1 N–H and O–H groups in total. The van der Waals surface area contributed by atoms with Gasteiger partial charge in [-0.2, -0.15) is 0 Å². The third kappa shape index (κ3) is 3.86. The van der Waals surface area contributed by atoms with Crippen molar-refractivity contribution in [2.24, 2.45) is 0 Å². The number of nitrogens with zero attached hydrogens (tertiary/aromatic N) is 1. The van der Waals surface area contributed by atoms with Gasteiger partial charge < -0.3 is 4.74 Å². The van der Waals surface area contributed by atoms with E-state index in [-0.39, 0.29) is 4.90 Å². The van der Waals surface area contributed by atoms with Gasteiger partial charge >= 0.3 is 0 Å². The summed E-state index contributed by atoms with van der Waals surface area (Å²) in [5.41, 5.74) is 2.30. The number of hydrogen-bond acceptors (Lipinski definition) is 4. The van der Waals surface area contributed by atoms with Crippen molar-refractivity contribution in [1.82, 2.24) is 9.71 Å². The lowest BCUT2D eigenvalue weighted by Gasteiger charge is -2.16. The molecule has 0 aliphatic carbocycles. The average molecular weight is 370 g/mol. The molecule has 5 nitrogen and oxygen atoms in total. The summed E-state index contributed by atoms with van der Waals surface area (Å²) in [7, 11) is -3.73. The molecule has 0 spiro atoms. The van der Waals surface area contributed by atoms with Gasteiger partial charge in [-0.05, 0) is 56.2 Å². The van der Waals surface area contributed by atoms with Crippen molar-refractivity contribution in [2.75, 3.05) is 6.61 Å². The number of aryl methyl sites for hydroxylation is 1. The highest BCUT2D eigenvalue weighted by atomic mass is 32.2. The molecule has 0 bridgehead atoms. The van der Waals surface area contributed by atoms with Crippen LogP contribution in [0.15, 0.2) is 59.6 Å². The molecule has 136 valence electrons. The highest BCUT2D eigenvalue weighted by molar-refractivity contribution is 7.89. The zero-order chi connectivity index (χ0) is 18.7. The van der Waals surface area contributed by atoms with E-state index in [4.69, 9.17) is 4.74 Å². The van der Waals surface area contributed by atoms with Gasteiger partial charge in [0, 0.05) is 17.6 Å². The summed E-state index contributed by atoms with van der Waals surface area (Å²) in [4.78, 5) is 4.51. The van der Waals surface area contributed by atoms with E-state index in [1.807, 2.05) is 57.2 Å². The first-order valence-corrected chi connectivity index (χ1v) is 9.99. The van der Waals surface area contributed by atoms with Gasteiger partial charge in [-0.25, -0.2) is 13.1 Å². The number of para-hydroxylation sites is 1. The van der Waals surface area contributed by atoms with E-state index < -0.39 is 16.1 Å². The lowest BCUT2D eigenvalue weighted by molar-refractivity contribution is 0.339. The highest BCUT2D eigenvalue weighted by Gasteiger charge is 2.21. The van der Waals surface area contributed by atoms with Gasteiger partial charge in [0.2, 0.25) is 10.0 Å². The first kappa shape index (κ1) is 18.4. The second-order valence-electron chi connectivity index (χ2n) is 6.19. The lowest BCUT2D eigenvalue weighted by atomic mass is 10.1. The van der Waals surface area contributed by atoms with E-state index in [2.05, 4.69) is 9.71 Å². The summed E-state index contributed by atoms with van der Waals surface area (Å²) >= 11 is 0. The molecular formula is C20H22N2O3S. The largest absolute Gasteiger partial charge is 0.494 e. The van der Waals surface area contributed by atoms with Crippen LogP contribution < -0.4 is 9.46 Å². The number of nitrogens with one attached hydrogen (secondary N) is 1. The van der Waals surface area contributed by atoms with Crippen LogP contribution in [-0.2, 0) is 10.0 Å². The molecule has 2 aromatic carbocycles. The Hall–Kier alpha value is -2.44. The molecule has 0 saturated carbocycles. The predicted octanol–water partition coefficient (Wildman–Crippen LogP) is 3.98.